The van der Waals surface area contributed by atoms with Crippen molar-refractivity contribution in [3.05, 3.63) is 81.1 Å². The number of nitrogens with two attached hydrogens (primary N) is 2. The second kappa shape index (κ2) is 15.2. The topological polar surface area (TPSA) is 130 Å². The Morgan fingerprint density at radius 2 is 1.96 bits per heavy atom. The molecule has 6 N–H and O–H groups in total. The molecule has 5 rings (SSSR count). The molecule has 0 spiro atoms. The third kappa shape index (κ3) is 8.20. The minimum atomic E-state index is -0.510. The van der Waals surface area contributed by atoms with Crippen molar-refractivity contribution in [1.29, 1.82) is 5.41 Å². The van der Waals surface area contributed by atoms with E-state index in [2.05, 4.69) is 40.8 Å². The Labute approximate surface area is 279 Å². The van der Waals surface area contributed by atoms with Gasteiger partial charge in [0.25, 0.3) is 0 Å². The van der Waals surface area contributed by atoms with Gasteiger partial charge in [-0.3, -0.25) is 14.9 Å². The number of hydrogen-bond acceptors (Lipinski definition) is 6. The van der Waals surface area contributed by atoms with Gasteiger partial charge in [0.05, 0.1) is 16.4 Å². The summed E-state index contributed by atoms with van der Waals surface area (Å²) >= 11 is 7.70. The number of aromatic nitrogens is 3. The Kier molecular flexibility index (Phi) is 11.3. The number of halogens is 2. The fraction of sp³-hybridized carbons (Fsp3) is 0.457. The highest BCUT2D eigenvalue weighted by molar-refractivity contribution is 8.13. The van der Waals surface area contributed by atoms with E-state index >= 15 is 4.39 Å². The number of rotatable bonds is 12. The van der Waals surface area contributed by atoms with E-state index in [1.165, 1.54) is 21.9 Å². The molecule has 46 heavy (non-hydrogen) atoms. The number of H-pyrrole nitrogens is 1. The van der Waals surface area contributed by atoms with Crippen LogP contribution in [0.5, 0.6) is 0 Å². The Bertz CT molecular complexity index is 1720. The molecule has 11 heteroatoms. The summed E-state index contributed by atoms with van der Waals surface area (Å²) in [6.07, 6.45) is 8.61. The number of nitrogens with one attached hydrogen (secondary N) is 2. The maximum Gasteiger partial charge on any atom is 0.354 e. The summed E-state index contributed by atoms with van der Waals surface area (Å²) in [5, 5.41) is 8.50. The highest BCUT2D eigenvalue weighted by Gasteiger charge is 2.31. The minimum Gasteiger partial charge on any atom is -0.379 e. The Balaban J connectivity index is 1.39. The first-order chi connectivity index (χ1) is 22.0. The number of aryl methyl sites for hydroxylation is 1. The average molecular weight is 666 g/mol. The molecule has 0 radical (unpaired) electrons. The van der Waals surface area contributed by atoms with Crippen molar-refractivity contribution >= 4 is 39.6 Å². The summed E-state index contributed by atoms with van der Waals surface area (Å²) in [5.74, 6) is 0.861. The zero-order valence-electron chi connectivity index (χ0n) is 26.9. The zero-order valence-corrected chi connectivity index (χ0v) is 28.4. The van der Waals surface area contributed by atoms with Crippen LogP contribution in [0.1, 0.15) is 76.5 Å². The standard InChI is InChI=1S/C35H45ClFN7OS/c1-21(2)19-43-26(14-15-46-34(39)40)8-5-9-31(43)24-10-12-27(13-11-24)44-20-25-18-30(41-33(25)42-35(44)45)28-16-23(7-4-6-22(3)38)17-29(36)32(28)37/h10-13,16-18,20-22,26,31H,4-9,14-15,19,38H2,1-3H3,(H3,39,40)(H,41,42,45)/t22-,26-,31-/m0/s1. The molecule has 0 bridgehead atoms. The number of hydrogen-bond donors (Lipinski definition) is 4. The van der Waals surface area contributed by atoms with Crippen LogP contribution in [0.25, 0.3) is 28.0 Å². The van der Waals surface area contributed by atoms with E-state index in [-0.39, 0.29) is 16.2 Å². The molecule has 2 aromatic heterocycles. The maximum atomic E-state index is 15.2. The SMILES string of the molecule is CC(C)CN1[C@H](CCSC(=N)N)CCC[C@H]1c1ccc(-n2cc3cc(-c4cc(CCC[C@H](C)N)cc(Cl)c4F)[nH]c3nc2=O)cc1. The number of thioether (sulfide) groups is 1. The number of amidine groups is 1. The van der Waals surface area contributed by atoms with Gasteiger partial charge in [-0.15, -0.1) is 0 Å². The smallest absolute Gasteiger partial charge is 0.354 e. The molecule has 1 aliphatic heterocycles. The van der Waals surface area contributed by atoms with E-state index in [4.69, 9.17) is 28.5 Å². The lowest BCUT2D eigenvalue weighted by atomic mass is 9.88. The number of benzene rings is 2. The molecule has 3 atom stereocenters. The number of fused-ring (bicyclic) bond motifs is 1. The third-order valence-corrected chi connectivity index (χ3v) is 9.76. The first kappa shape index (κ1) is 34.2. The van der Waals surface area contributed by atoms with Gasteiger partial charge in [0, 0.05) is 47.6 Å². The van der Waals surface area contributed by atoms with E-state index in [1.54, 1.807) is 18.3 Å². The molecule has 4 aromatic rings. The van der Waals surface area contributed by atoms with Gasteiger partial charge in [0.15, 0.2) is 11.0 Å². The van der Waals surface area contributed by atoms with E-state index < -0.39 is 11.5 Å². The van der Waals surface area contributed by atoms with Crippen LogP contribution in [0.15, 0.2) is 53.5 Å². The molecule has 0 saturated carbocycles. The maximum absolute atomic E-state index is 15.2. The van der Waals surface area contributed by atoms with Gasteiger partial charge in [0.2, 0.25) is 0 Å². The van der Waals surface area contributed by atoms with Gasteiger partial charge < -0.3 is 16.5 Å². The molecule has 1 aliphatic rings. The molecule has 0 amide bonds. The van der Waals surface area contributed by atoms with Crippen LogP contribution in [0, 0.1) is 17.1 Å². The van der Waals surface area contributed by atoms with Crippen molar-refractivity contribution in [1.82, 2.24) is 19.4 Å². The van der Waals surface area contributed by atoms with Crippen LogP contribution < -0.4 is 17.2 Å². The van der Waals surface area contributed by atoms with E-state index in [0.29, 0.717) is 40.3 Å². The summed E-state index contributed by atoms with van der Waals surface area (Å²) in [6.45, 7) is 7.47. The van der Waals surface area contributed by atoms with E-state index in [0.717, 1.165) is 68.5 Å². The van der Waals surface area contributed by atoms with E-state index in [1.807, 2.05) is 25.1 Å². The van der Waals surface area contributed by atoms with E-state index in [9.17, 15) is 4.79 Å². The van der Waals surface area contributed by atoms with Crippen LogP contribution in [-0.4, -0.2) is 49.0 Å². The molecule has 246 valence electrons. The fourth-order valence-corrected chi connectivity index (χ4v) is 7.45. The molecular formula is C35H45ClFN7OS. The highest BCUT2D eigenvalue weighted by Crippen LogP contribution is 2.37. The predicted octanol–water partition coefficient (Wildman–Crippen LogP) is 7.41. The lowest BCUT2D eigenvalue weighted by Gasteiger charge is -2.43. The third-order valence-electron chi connectivity index (χ3n) is 8.74. The quantitative estimate of drug-likeness (QED) is 0.0921. The number of piperidine rings is 1. The lowest BCUT2D eigenvalue weighted by Crippen LogP contribution is -2.44. The van der Waals surface area contributed by atoms with Crippen molar-refractivity contribution in [3.63, 3.8) is 0 Å². The predicted molar refractivity (Wildman–Crippen MR) is 190 cm³/mol. The normalized spacial score (nSPS) is 18.0. The summed E-state index contributed by atoms with van der Waals surface area (Å²) < 4.78 is 16.7. The molecular weight excluding hydrogens is 621 g/mol. The minimum absolute atomic E-state index is 0.0609. The Morgan fingerprint density at radius 3 is 2.65 bits per heavy atom. The van der Waals surface area contributed by atoms with Gasteiger partial charge in [-0.05, 0) is 99.2 Å². The second-order valence-electron chi connectivity index (χ2n) is 13.0. The monoisotopic (exact) mass is 665 g/mol. The van der Waals surface area contributed by atoms with Crippen molar-refractivity contribution in [2.75, 3.05) is 12.3 Å². The molecule has 2 aromatic carbocycles. The van der Waals surface area contributed by atoms with Crippen LogP contribution in [0.2, 0.25) is 5.02 Å². The lowest BCUT2D eigenvalue weighted by molar-refractivity contribution is 0.0679. The molecule has 1 fully saturated rings. The summed E-state index contributed by atoms with van der Waals surface area (Å²) in [5.41, 5.74) is 15.2. The second-order valence-corrected chi connectivity index (χ2v) is 14.5. The molecule has 1 saturated heterocycles. The molecule has 0 unspecified atom stereocenters. The van der Waals surface area contributed by atoms with Crippen LogP contribution in [0.3, 0.4) is 0 Å². The van der Waals surface area contributed by atoms with Crippen LogP contribution in [-0.2, 0) is 6.42 Å². The summed E-state index contributed by atoms with van der Waals surface area (Å²) in [7, 11) is 0. The van der Waals surface area contributed by atoms with Gasteiger partial charge >= 0.3 is 5.69 Å². The van der Waals surface area contributed by atoms with Crippen LogP contribution >= 0.6 is 23.4 Å². The number of likely N-dealkylation sites (tertiary alicyclic amines) is 1. The van der Waals surface area contributed by atoms with Crippen molar-refractivity contribution in [2.24, 2.45) is 17.4 Å². The van der Waals surface area contributed by atoms with Crippen molar-refractivity contribution < 1.29 is 4.39 Å². The first-order valence-electron chi connectivity index (χ1n) is 16.2. The van der Waals surface area contributed by atoms with Gasteiger partial charge in [-0.25, -0.2) is 9.18 Å². The van der Waals surface area contributed by atoms with Gasteiger partial charge in [0.1, 0.15) is 5.65 Å². The Hall–Kier alpha value is -3.18. The summed E-state index contributed by atoms with van der Waals surface area (Å²) in [6, 6.07) is 14.3. The van der Waals surface area contributed by atoms with Gasteiger partial charge in [-0.2, -0.15) is 4.98 Å². The number of aromatic amines is 1. The molecule has 8 nitrogen and oxygen atoms in total. The van der Waals surface area contributed by atoms with Crippen molar-refractivity contribution in [2.45, 2.75) is 83.8 Å². The molecule has 3 heterocycles. The highest BCUT2D eigenvalue weighted by atomic mass is 35.5. The summed E-state index contributed by atoms with van der Waals surface area (Å²) in [4.78, 5) is 23.2. The largest absolute Gasteiger partial charge is 0.379 e. The Morgan fingerprint density at radius 1 is 1.20 bits per heavy atom. The number of nitrogens with zero attached hydrogens (tertiary/aromatic N) is 3. The first-order valence-corrected chi connectivity index (χ1v) is 17.6. The van der Waals surface area contributed by atoms with Crippen molar-refractivity contribution in [3.8, 4) is 16.9 Å². The van der Waals surface area contributed by atoms with Gasteiger partial charge in [-0.1, -0.05) is 49.3 Å². The zero-order chi connectivity index (χ0) is 33.0. The average Bonchev–Trinajstić information content (AvgIpc) is 3.41. The van der Waals surface area contributed by atoms with Crippen LogP contribution in [0.4, 0.5) is 4.39 Å². The fourth-order valence-electron chi connectivity index (χ4n) is 6.60. The molecule has 0 aliphatic carbocycles.